The van der Waals surface area contributed by atoms with E-state index in [4.69, 9.17) is 21.8 Å². The number of anilines is 3. The zero-order chi connectivity index (χ0) is 13.4. The number of fused-ring (bicyclic) bond motifs is 1. The molecule has 0 bridgehead atoms. The van der Waals surface area contributed by atoms with Crippen LogP contribution >= 0.6 is 34.2 Å². The number of hydrogen-bond donors (Lipinski definition) is 2. The Bertz CT molecular complexity index is 757. The fourth-order valence-electron chi connectivity index (χ4n) is 1.73. The van der Waals surface area contributed by atoms with Crippen molar-refractivity contribution in [2.45, 2.75) is 0 Å². The summed E-state index contributed by atoms with van der Waals surface area (Å²) in [6.45, 7) is 0. The number of nitrogens with zero attached hydrogens (tertiary/aromatic N) is 1. The van der Waals surface area contributed by atoms with E-state index >= 15 is 0 Å². The second kappa shape index (κ2) is 4.90. The lowest BCUT2D eigenvalue weighted by molar-refractivity contribution is 0.623. The monoisotopic (exact) mass is 385 g/mol. The SMILES string of the molecule is Nc1cccc2oc(Nc3ccc(I)cc3Cl)nc12. The van der Waals surface area contributed by atoms with Crippen molar-refractivity contribution < 1.29 is 4.42 Å². The molecular weight excluding hydrogens is 377 g/mol. The van der Waals surface area contributed by atoms with E-state index in [-0.39, 0.29) is 0 Å². The molecule has 0 unspecified atom stereocenters. The molecule has 0 aliphatic carbocycles. The van der Waals surface area contributed by atoms with Crippen LogP contribution in [0.5, 0.6) is 0 Å². The van der Waals surface area contributed by atoms with Gasteiger partial charge in [0.2, 0.25) is 0 Å². The molecule has 6 heteroatoms. The van der Waals surface area contributed by atoms with E-state index in [1.807, 2.05) is 30.3 Å². The van der Waals surface area contributed by atoms with Crippen molar-refractivity contribution in [3.63, 3.8) is 0 Å². The lowest BCUT2D eigenvalue weighted by atomic mass is 10.3. The van der Waals surface area contributed by atoms with Gasteiger partial charge in [-0.15, -0.1) is 0 Å². The van der Waals surface area contributed by atoms with Gasteiger partial charge in [0.15, 0.2) is 5.58 Å². The first-order valence-corrected chi connectivity index (χ1v) is 6.96. The summed E-state index contributed by atoms with van der Waals surface area (Å²) in [5.41, 5.74) is 8.45. The first-order chi connectivity index (χ1) is 9.13. The van der Waals surface area contributed by atoms with Gasteiger partial charge in [-0.1, -0.05) is 17.7 Å². The Labute approximate surface area is 128 Å². The molecule has 3 N–H and O–H groups in total. The molecule has 0 saturated carbocycles. The maximum Gasteiger partial charge on any atom is 0.300 e. The second-order valence-electron chi connectivity index (χ2n) is 3.96. The summed E-state index contributed by atoms with van der Waals surface area (Å²) < 4.78 is 6.64. The number of nitrogens with one attached hydrogen (secondary N) is 1. The van der Waals surface area contributed by atoms with E-state index in [0.717, 1.165) is 9.26 Å². The normalized spacial score (nSPS) is 10.8. The molecule has 0 spiro atoms. The molecule has 3 rings (SSSR count). The molecule has 0 aliphatic heterocycles. The number of nitrogens with two attached hydrogens (primary N) is 1. The van der Waals surface area contributed by atoms with Gasteiger partial charge in [-0.3, -0.25) is 0 Å². The minimum Gasteiger partial charge on any atom is -0.423 e. The standard InChI is InChI=1S/C13H9ClIN3O/c14-8-6-7(15)4-5-10(8)17-13-18-12-9(16)2-1-3-11(12)19-13/h1-6H,16H2,(H,17,18). The Morgan fingerprint density at radius 3 is 2.84 bits per heavy atom. The predicted molar refractivity (Wildman–Crippen MR) is 85.9 cm³/mol. The van der Waals surface area contributed by atoms with Gasteiger partial charge in [0.25, 0.3) is 6.01 Å². The Morgan fingerprint density at radius 2 is 2.11 bits per heavy atom. The van der Waals surface area contributed by atoms with Gasteiger partial charge in [0.1, 0.15) is 5.52 Å². The van der Waals surface area contributed by atoms with Gasteiger partial charge in [-0.25, -0.2) is 0 Å². The van der Waals surface area contributed by atoms with Crippen molar-refractivity contribution >= 4 is 62.7 Å². The van der Waals surface area contributed by atoms with Gasteiger partial charge in [0.05, 0.1) is 16.4 Å². The molecule has 0 fully saturated rings. The average molecular weight is 386 g/mol. The Morgan fingerprint density at radius 1 is 1.26 bits per heavy atom. The zero-order valence-electron chi connectivity index (χ0n) is 9.65. The van der Waals surface area contributed by atoms with Crippen molar-refractivity contribution in [1.29, 1.82) is 0 Å². The van der Waals surface area contributed by atoms with Crippen molar-refractivity contribution in [1.82, 2.24) is 4.98 Å². The number of nitrogen functional groups attached to an aromatic ring is 1. The topological polar surface area (TPSA) is 64.1 Å². The lowest BCUT2D eigenvalue weighted by Gasteiger charge is -2.04. The molecule has 19 heavy (non-hydrogen) atoms. The third-order valence-corrected chi connectivity index (χ3v) is 3.61. The van der Waals surface area contributed by atoms with Gasteiger partial charge in [-0.2, -0.15) is 4.98 Å². The van der Waals surface area contributed by atoms with E-state index in [1.165, 1.54) is 0 Å². The lowest BCUT2D eigenvalue weighted by Crippen LogP contribution is -1.91. The molecule has 2 aromatic carbocycles. The number of oxazole rings is 1. The highest BCUT2D eigenvalue weighted by Gasteiger charge is 2.09. The number of rotatable bonds is 2. The molecule has 0 radical (unpaired) electrons. The quantitative estimate of drug-likeness (QED) is 0.506. The maximum absolute atomic E-state index is 6.15. The molecule has 0 atom stereocenters. The van der Waals surface area contributed by atoms with E-state index in [1.54, 1.807) is 6.07 Å². The summed E-state index contributed by atoms with van der Waals surface area (Å²) >= 11 is 8.35. The van der Waals surface area contributed by atoms with Crippen LogP contribution in [-0.4, -0.2) is 4.98 Å². The fraction of sp³-hybridized carbons (Fsp3) is 0. The second-order valence-corrected chi connectivity index (χ2v) is 5.62. The third kappa shape index (κ3) is 2.48. The summed E-state index contributed by atoms with van der Waals surface area (Å²) in [6, 6.07) is 11.5. The number of para-hydroxylation sites is 1. The van der Waals surface area contributed by atoms with Crippen LogP contribution in [0.15, 0.2) is 40.8 Å². The highest BCUT2D eigenvalue weighted by molar-refractivity contribution is 14.1. The smallest absolute Gasteiger partial charge is 0.300 e. The van der Waals surface area contributed by atoms with Gasteiger partial charge in [-0.05, 0) is 52.9 Å². The van der Waals surface area contributed by atoms with Crippen LogP contribution < -0.4 is 11.1 Å². The minimum absolute atomic E-state index is 0.371. The zero-order valence-corrected chi connectivity index (χ0v) is 12.6. The first-order valence-electron chi connectivity index (χ1n) is 5.50. The van der Waals surface area contributed by atoms with Crippen molar-refractivity contribution in [2.24, 2.45) is 0 Å². The highest BCUT2D eigenvalue weighted by atomic mass is 127. The maximum atomic E-state index is 6.15. The van der Waals surface area contributed by atoms with E-state index in [9.17, 15) is 0 Å². The van der Waals surface area contributed by atoms with Crippen molar-refractivity contribution in [3.8, 4) is 0 Å². The molecular formula is C13H9ClIN3O. The number of benzene rings is 2. The van der Waals surface area contributed by atoms with Gasteiger partial charge in [0, 0.05) is 3.57 Å². The molecule has 3 aromatic rings. The van der Waals surface area contributed by atoms with Crippen LogP contribution in [0.4, 0.5) is 17.4 Å². The van der Waals surface area contributed by atoms with Crippen LogP contribution in [0.25, 0.3) is 11.1 Å². The molecule has 1 heterocycles. The van der Waals surface area contributed by atoms with E-state index < -0.39 is 0 Å². The predicted octanol–water partition coefficient (Wildman–Crippen LogP) is 4.41. The van der Waals surface area contributed by atoms with Crippen molar-refractivity contribution in [3.05, 3.63) is 45.0 Å². The molecule has 96 valence electrons. The Kier molecular flexibility index (Phi) is 3.24. The fourth-order valence-corrected chi connectivity index (χ4v) is 2.63. The van der Waals surface area contributed by atoms with Crippen LogP contribution in [0.1, 0.15) is 0 Å². The molecule has 1 aromatic heterocycles. The Balaban J connectivity index is 1.99. The number of hydrogen-bond acceptors (Lipinski definition) is 4. The van der Waals surface area contributed by atoms with Crippen LogP contribution in [0.3, 0.4) is 0 Å². The number of aromatic nitrogens is 1. The van der Waals surface area contributed by atoms with Crippen LogP contribution in [-0.2, 0) is 0 Å². The summed E-state index contributed by atoms with van der Waals surface area (Å²) in [6.07, 6.45) is 0. The molecule has 0 amide bonds. The van der Waals surface area contributed by atoms with E-state index in [0.29, 0.717) is 27.8 Å². The summed E-state index contributed by atoms with van der Waals surface area (Å²) in [5.74, 6) is 0. The largest absolute Gasteiger partial charge is 0.423 e. The summed E-state index contributed by atoms with van der Waals surface area (Å²) in [5, 5.41) is 3.66. The minimum atomic E-state index is 0.371. The molecule has 4 nitrogen and oxygen atoms in total. The summed E-state index contributed by atoms with van der Waals surface area (Å²) in [4.78, 5) is 4.31. The first kappa shape index (κ1) is 12.6. The third-order valence-electron chi connectivity index (χ3n) is 2.62. The molecule has 0 saturated heterocycles. The van der Waals surface area contributed by atoms with Crippen LogP contribution in [0.2, 0.25) is 5.02 Å². The highest BCUT2D eigenvalue weighted by Crippen LogP contribution is 2.29. The van der Waals surface area contributed by atoms with Gasteiger partial charge >= 0.3 is 0 Å². The van der Waals surface area contributed by atoms with Crippen molar-refractivity contribution in [2.75, 3.05) is 11.1 Å². The number of halogens is 2. The Hall–Kier alpha value is -1.47. The summed E-state index contributed by atoms with van der Waals surface area (Å²) in [7, 11) is 0. The van der Waals surface area contributed by atoms with Crippen LogP contribution in [0, 0.1) is 3.57 Å². The van der Waals surface area contributed by atoms with Gasteiger partial charge < -0.3 is 15.5 Å². The molecule has 0 aliphatic rings. The van der Waals surface area contributed by atoms with E-state index in [2.05, 4.69) is 32.9 Å². The average Bonchev–Trinajstić information content (AvgIpc) is 2.77.